The van der Waals surface area contributed by atoms with Crippen LogP contribution in [0, 0.1) is 50.4 Å². The molecule has 0 aliphatic carbocycles. The van der Waals surface area contributed by atoms with Crippen LogP contribution in [0.2, 0.25) is 0 Å². The maximum Gasteiger partial charge on any atom is 0.157 e. The van der Waals surface area contributed by atoms with E-state index < -0.39 is 0 Å². The van der Waals surface area contributed by atoms with Crippen LogP contribution in [0.5, 0.6) is 0 Å². The fraction of sp³-hybridized carbons (Fsp3) is 0.412. The van der Waals surface area contributed by atoms with Crippen LogP contribution in [0.3, 0.4) is 0 Å². The van der Waals surface area contributed by atoms with Gasteiger partial charge in [0, 0.05) is 12.7 Å². The highest BCUT2D eigenvalue weighted by Crippen LogP contribution is 2.37. The fourth-order valence-electron chi connectivity index (χ4n) is 2.83. The van der Waals surface area contributed by atoms with Crippen LogP contribution in [-0.2, 0) is 0 Å². The van der Waals surface area contributed by atoms with Crippen LogP contribution >= 0.6 is 0 Å². The van der Waals surface area contributed by atoms with Gasteiger partial charge in [-0.3, -0.25) is 0 Å². The Kier molecular flexibility index (Phi) is 3.66. The number of allylic oxidation sites excluding steroid dienone is 2. The smallest absolute Gasteiger partial charge is 0.157 e. The normalized spacial score (nSPS) is 18.0. The van der Waals surface area contributed by atoms with Gasteiger partial charge in [-0.05, 0) is 62.9 Å². The summed E-state index contributed by atoms with van der Waals surface area (Å²) in [6, 6.07) is 6.45. The van der Waals surface area contributed by atoms with E-state index in [1.807, 2.05) is 23.8 Å². The first-order valence-corrected chi connectivity index (χ1v) is 6.99. The highest BCUT2D eigenvalue weighted by molar-refractivity contribution is 5.68. The van der Waals surface area contributed by atoms with E-state index in [4.69, 9.17) is 0 Å². The van der Waals surface area contributed by atoms with Crippen molar-refractivity contribution < 1.29 is 0 Å². The molecule has 0 saturated carbocycles. The second kappa shape index (κ2) is 5.14. The first kappa shape index (κ1) is 14.9. The molecular formula is C17H20N4. The fourth-order valence-corrected chi connectivity index (χ4v) is 2.83. The summed E-state index contributed by atoms with van der Waals surface area (Å²) in [4.78, 5) is 3.82. The van der Waals surface area contributed by atoms with E-state index in [0.29, 0.717) is 11.4 Å². The van der Waals surface area contributed by atoms with Crippen LogP contribution in [0.1, 0.15) is 29.2 Å². The summed E-state index contributed by atoms with van der Waals surface area (Å²) in [5.41, 5.74) is 6.74. The molecule has 21 heavy (non-hydrogen) atoms. The van der Waals surface area contributed by atoms with Crippen molar-refractivity contribution in [1.29, 1.82) is 10.5 Å². The highest BCUT2D eigenvalue weighted by atomic mass is 15.4. The van der Waals surface area contributed by atoms with Crippen LogP contribution < -0.4 is 4.90 Å². The minimum atomic E-state index is -0.0468. The summed E-state index contributed by atoms with van der Waals surface area (Å²) in [7, 11) is 1.85. The first-order valence-electron chi connectivity index (χ1n) is 6.99. The molecule has 0 unspecified atom stereocenters. The van der Waals surface area contributed by atoms with Crippen molar-refractivity contribution in [2.75, 3.05) is 11.9 Å². The Labute approximate surface area is 126 Å². The lowest BCUT2D eigenvalue weighted by Crippen LogP contribution is -2.36. The number of hydrogen-bond donors (Lipinski definition) is 0. The zero-order valence-electron chi connectivity index (χ0n) is 13.4. The minimum Gasteiger partial charge on any atom is -0.343 e. The lowest BCUT2D eigenvalue weighted by Gasteiger charge is -2.30. The number of rotatable bonds is 1. The quantitative estimate of drug-likeness (QED) is 0.792. The van der Waals surface area contributed by atoms with E-state index in [2.05, 4.69) is 45.9 Å². The molecule has 0 fully saturated rings. The molecule has 0 amide bonds. The van der Waals surface area contributed by atoms with E-state index >= 15 is 0 Å². The molecular weight excluding hydrogens is 260 g/mol. The van der Waals surface area contributed by atoms with Gasteiger partial charge in [0.1, 0.15) is 18.3 Å². The van der Waals surface area contributed by atoms with Crippen LogP contribution in [0.4, 0.5) is 5.69 Å². The Morgan fingerprint density at radius 3 is 2.05 bits per heavy atom. The summed E-state index contributed by atoms with van der Waals surface area (Å²) < 4.78 is 0. The Hall–Kier alpha value is -2.46. The monoisotopic (exact) mass is 280 g/mol. The Bertz CT molecular complexity index is 716. The van der Waals surface area contributed by atoms with Crippen molar-refractivity contribution in [2.24, 2.45) is 0 Å². The molecule has 0 aromatic heterocycles. The number of nitrogens with zero attached hydrogens (tertiary/aromatic N) is 4. The number of nitriles is 2. The zero-order chi connectivity index (χ0) is 15.9. The molecule has 4 heteroatoms. The second-order valence-electron chi connectivity index (χ2n) is 5.62. The van der Waals surface area contributed by atoms with Gasteiger partial charge in [-0.25, -0.2) is 0 Å². The van der Waals surface area contributed by atoms with E-state index in [-0.39, 0.29) is 6.17 Å². The SMILES string of the molecule is Cc1cc(N2C(C#N)=C(C#N)N(C)[C@@H]2C)c(C)c(C)c1C. The van der Waals surface area contributed by atoms with Crippen molar-refractivity contribution in [3.8, 4) is 12.1 Å². The summed E-state index contributed by atoms with van der Waals surface area (Å²) in [6.07, 6.45) is -0.0468. The molecule has 1 aliphatic rings. The van der Waals surface area contributed by atoms with E-state index in [0.717, 1.165) is 11.3 Å². The molecule has 108 valence electrons. The van der Waals surface area contributed by atoms with Gasteiger partial charge in [0.15, 0.2) is 11.4 Å². The van der Waals surface area contributed by atoms with Crippen molar-refractivity contribution in [2.45, 2.75) is 40.8 Å². The summed E-state index contributed by atoms with van der Waals surface area (Å²) >= 11 is 0. The van der Waals surface area contributed by atoms with Crippen molar-refractivity contribution in [1.82, 2.24) is 4.90 Å². The second-order valence-corrected chi connectivity index (χ2v) is 5.62. The van der Waals surface area contributed by atoms with Gasteiger partial charge in [-0.2, -0.15) is 10.5 Å². The number of hydrogen-bond acceptors (Lipinski definition) is 4. The Balaban J connectivity index is 2.71. The maximum atomic E-state index is 9.49. The van der Waals surface area contributed by atoms with Crippen molar-refractivity contribution in [3.05, 3.63) is 39.7 Å². The molecule has 0 saturated heterocycles. The van der Waals surface area contributed by atoms with E-state index in [9.17, 15) is 10.5 Å². The predicted octanol–water partition coefficient (Wildman–Crippen LogP) is 3.28. The van der Waals surface area contributed by atoms with Gasteiger partial charge in [0.2, 0.25) is 0 Å². The Morgan fingerprint density at radius 2 is 1.52 bits per heavy atom. The van der Waals surface area contributed by atoms with Crippen LogP contribution in [0.25, 0.3) is 0 Å². The molecule has 1 aliphatic heterocycles. The Morgan fingerprint density at radius 1 is 0.952 bits per heavy atom. The zero-order valence-corrected chi connectivity index (χ0v) is 13.4. The van der Waals surface area contributed by atoms with Gasteiger partial charge in [0.25, 0.3) is 0 Å². The molecule has 1 aromatic carbocycles. The van der Waals surface area contributed by atoms with Gasteiger partial charge in [-0.15, -0.1) is 0 Å². The van der Waals surface area contributed by atoms with E-state index in [1.165, 1.54) is 16.7 Å². The third kappa shape index (κ3) is 2.04. The molecule has 0 bridgehead atoms. The lowest BCUT2D eigenvalue weighted by atomic mass is 9.97. The molecule has 2 rings (SSSR count). The lowest BCUT2D eigenvalue weighted by molar-refractivity contribution is 0.367. The van der Waals surface area contributed by atoms with E-state index in [1.54, 1.807) is 0 Å². The number of aryl methyl sites for hydroxylation is 1. The number of anilines is 1. The summed E-state index contributed by atoms with van der Waals surface area (Å²) in [6.45, 7) is 10.4. The third-order valence-electron chi connectivity index (χ3n) is 4.68. The summed E-state index contributed by atoms with van der Waals surface area (Å²) in [5.74, 6) is 0. The molecule has 1 atom stereocenters. The molecule has 0 N–H and O–H groups in total. The van der Waals surface area contributed by atoms with Gasteiger partial charge < -0.3 is 9.80 Å². The number of benzene rings is 1. The standard InChI is InChI=1S/C17H20N4/c1-10-7-15(13(4)12(3)11(10)2)21-14(5)20(6)16(8-18)17(21)9-19/h7,14H,1-6H3/t14-/m0/s1. The molecule has 0 spiro atoms. The average molecular weight is 280 g/mol. The maximum absolute atomic E-state index is 9.49. The van der Waals surface area contributed by atoms with Crippen molar-refractivity contribution in [3.63, 3.8) is 0 Å². The van der Waals surface area contributed by atoms with Crippen LogP contribution in [0.15, 0.2) is 17.5 Å². The predicted molar refractivity (Wildman–Crippen MR) is 83.3 cm³/mol. The molecule has 4 nitrogen and oxygen atoms in total. The van der Waals surface area contributed by atoms with Crippen molar-refractivity contribution >= 4 is 5.69 Å². The molecule has 1 heterocycles. The van der Waals surface area contributed by atoms with Gasteiger partial charge in [0.05, 0.1) is 0 Å². The highest BCUT2D eigenvalue weighted by Gasteiger charge is 2.35. The largest absolute Gasteiger partial charge is 0.343 e. The molecule has 0 radical (unpaired) electrons. The van der Waals surface area contributed by atoms with Crippen LogP contribution in [-0.4, -0.2) is 18.1 Å². The first-order chi connectivity index (χ1) is 9.84. The van der Waals surface area contributed by atoms with Gasteiger partial charge >= 0.3 is 0 Å². The summed E-state index contributed by atoms with van der Waals surface area (Å²) in [5, 5.41) is 18.8. The average Bonchev–Trinajstić information content (AvgIpc) is 2.72. The molecule has 1 aromatic rings. The minimum absolute atomic E-state index is 0.0468. The third-order valence-corrected chi connectivity index (χ3v) is 4.68. The topological polar surface area (TPSA) is 54.1 Å². The van der Waals surface area contributed by atoms with Gasteiger partial charge in [-0.1, -0.05) is 0 Å².